The van der Waals surface area contributed by atoms with Gasteiger partial charge in [-0.05, 0) is 80.8 Å². The highest BCUT2D eigenvalue weighted by Crippen LogP contribution is 2.64. The van der Waals surface area contributed by atoms with Crippen LogP contribution >= 0.6 is 0 Å². The lowest BCUT2D eigenvalue weighted by atomic mass is 9.60. The Balaban J connectivity index is 0.984. The highest BCUT2D eigenvalue weighted by atomic mass is 16.5. The first-order valence-electron chi connectivity index (χ1n) is 21.4. The molecule has 3 heteroatoms. The zero-order chi connectivity index (χ0) is 41.0. The second-order valence-electron chi connectivity index (χ2n) is 16.4. The van der Waals surface area contributed by atoms with Crippen molar-refractivity contribution >= 4 is 0 Å². The van der Waals surface area contributed by atoms with E-state index in [2.05, 4.69) is 218 Å². The minimum Gasteiger partial charge on any atom is -0.460 e. The van der Waals surface area contributed by atoms with E-state index in [0.717, 1.165) is 73.8 Å². The van der Waals surface area contributed by atoms with Gasteiger partial charge in [-0.15, -0.1) is 0 Å². The fraction of sp³-hybridized carbons (Fsp3) is 0.0508. The molecule has 1 aromatic heterocycles. The molecule has 62 heavy (non-hydrogen) atoms. The highest BCUT2D eigenvalue weighted by Gasteiger charge is 2.55. The SMILES string of the molecule is C1=CCC2C(=C1)Oc1c(-c3ccc(-c4cc(-c5cccc(-c6ccccc6)c5)nc(-c5cccc(-c6ccccc6)c5)n4)cc3)cccc1C21c2ccccc2-c2ccccc21. The molecule has 1 spiro atoms. The van der Waals surface area contributed by atoms with Crippen LogP contribution in [0.3, 0.4) is 0 Å². The van der Waals surface area contributed by atoms with Gasteiger partial charge in [-0.25, -0.2) is 9.97 Å². The number of para-hydroxylation sites is 1. The molecule has 0 N–H and O–H groups in total. The molecular weight excluding hydrogens is 753 g/mol. The minimum absolute atomic E-state index is 0.144. The van der Waals surface area contributed by atoms with E-state index in [4.69, 9.17) is 14.7 Å². The van der Waals surface area contributed by atoms with Gasteiger partial charge >= 0.3 is 0 Å². The van der Waals surface area contributed by atoms with Crippen LogP contribution in [0.5, 0.6) is 5.75 Å². The van der Waals surface area contributed by atoms with Crippen LogP contribution in [0.15, 0.2) is 230 Å². The second kappa shape index (κ2) is 14.7. The number of benzene rings is 8. The second-order valence-corrected chi connectivity index (χ2v) is 16.4. The Hall–Kier alpha value is -7.88. The maximum absolute atomic E-state index is 7.05. The van der Waals surface area contributed by atoms with E-state index in [0.29, 0.717) is 5.82 Å². The highest BCUT2D eigenvalue weighted by molar-refractivity contribution is 5.88. The third-order valence-electron chi connectivity index (χ3n) is 13.0. The summed E-state index contributed by atoms with van der Waals surface area (Å²) in [5, 5.41) is 0. The predicted octanol–water partition coefficient (Wildman–Crippen LogP) is 14.6. The number of ether oxygens (including phenoxy) is 1. The lowest BCUT2D eigenvalue weighted by Crippen LogP contribution is -2.42. The monoisotopic (exact) mass is 792 g/mol. The predicted molar refractivity (Wildman–Crippen MR) is 252 cm³/mol. The Bertz CT molecular complexity index is 3090. The number of rotatable bonds is 6. The van der Waals surface area contributed by atoms with Gasteiger partial charge < -0.3 is 4.74 Å². The molecule has 3 nitrogen and oxygen atoms in total. The van der Waals surface area contributed by atoms with E-state index in [1.807, 2.05) is 6.07 Å². The van der Waals surface area contributed by atoms with Gasteiger partial charge in [0.25, 0.3) is 0 Å². The Labute approximate surface area is 362 Å². The Kier molecular flexibility index (Phi) is 8.53. The molecule has 1 unspecified atom stereocenters. The molecular formula is C59H40N2O. The topological polar surface area (TPSA) is 35.0 Å². The van der Waals surface area contributed by atoms with Crippen LogP contribution in [0.2, 0.25) is 0 Å². The molecule has 8 aromatic carbocycles. The summed E-state index contributed by atoms with van der Waals surface area (Å²) in [6, 6.07) is 73.7. The lowest BCUT2D eigenvalue weighted by molar-refractivity contribution is 0.254. The molecule has 12 rings (SSSR count). The molecule has 0 radical (unpaired) electrons. The van der Waals surface area contributed by atoms with Crippen LogP contribution in [0, 0.1) is 5.92 Å². The number of hydrogen-bond donors (Lipinski definition) is 0. The molecule has 0 saturated carbocycles. The summed E-state index contributed by atoms with van der Waals surface area (Å²) >= 11 is 0. The van der Waals surface area contributed by atoms with Gasteiger partial charge in [-0.3, -0.25) is 0 Å². The summed E-state index contributed by atoms with van der Waals surface area (Å²) in [5.41, 5.74) is 17.7. The Morgan fingerprint density at radius 2 is 0.903 bits per heavy atom. The van der Waals surface area contributed by atoms with Gasteiger partial charge in [-0.1, -0.05) is 200 Å². The normalized spacial score (nSPS) is 15.2. The van der Waals surface area contributed by atoms with Gasteiger partial charge in [0.05, 0.1) is 16.8 Å². The van der Waals surface area contributed by atoms with Crippen molar-refractivity contribution < 1.29 is 4.74 Å². The molecule has 1 aliphatic heterocycles. The van der Waals surface area contributed by atoms with Crippen molar-refractivity contribution in [2.75, 3.05) is 0 Å². The average molecular weight is 793 g/mol. The molecule has 0 amide bonds. The van der Waals surface area contributed by atoms with Crippen LogP contribution in [-0.4, -0.2) is 9.97 Å². The van der Waals surface area contributed by atoms with Gasteiger partial charge in [0, 0.05) is 33.7 Å². The van der Waals surface area contributed by atoms with Crippen molar-refractivity contribution in [3.05, 3.63) is 247 Å². The first-order chi connectivity index (χ1) is 30.7. The Morgan fingerprint density at radius 1 is 0.403 bits per heavy atom. The number of fused-ring (bicyclic) bond motifs is 9. The fourth-order valence-corrected chi connectivity index (χ4v) is 10.2. The maximum Gasteiger partial charge on any atom is 0.160 e. The van der Waals surface area contributed by atoms with E-state index in [1.54, 1.807) is 0 Å². The average Bonchev–Trinajstić information content (AvgIpc) is 3.65. The fourth-order valence-electron chi connectivity index (χ4n) is 10.2. The van der Waals surface area contributed by atoms with Crippen molar-refractivity contribution in [2.45, 2.75) is 11.8 Å². The van der Waals surface area contributed by atoms with Crippen LogP contribution < -0.4 is 4.74 Å². The van der Waals surface area contributed by atoms with E-state index < -0.39 is 0 Å². The summed E-state index contributed by atoms with van der Waals surface area (Å²) in [7, 11) is 0. The summed E-state index contributed by atoms with van der Waals surface area (Å²) in [4.78, 5) is 10.5. The number of nitrogens with zero attached hydrogens (tertiary/aromatic N) is 2. The standard InChI is InChI=1S/C59H40N2O/c1-3-16-39(17-4-1)43-20-13-22-45(36-43)55-38-54(60-58(61-55)46-23-14-21-44(37-46)40-18-5-2-6-19-40)42-34-32-41(33-35-42)47-26-15-30-53-57(47)62-56-31-12-11-29-52(56)59(53)50-27-9-7-24-48(50)49-25-8-10-28-51(49)59/h1-28,30-38,52H,29H2. The maximum atomic E-state index is 7.05. The summed E-state index contributed by atoms with van der Waals surface area (Å²) < 4.78 is 7.05. The molecule has 1 atom stereocenters. The van der Waals surface area contributed by atoms with E-state index in [-0.39, 0.29) is 11.3 Å². The van der Waals surface area contributed by atoms with Gasteiger partial charge in [0.15, 0.2) is 5.82 Å². The molecule has 2 heterocycles. The molecule has 0 fully saturated rings. The van der Waals surface area contributed by atoms with Crippen molar-refractivity contribution in [2.24, 2.45) is 5.92 Å². The van der Waals surface area contributed by atoms with E-state index in [9.17, 15) is 0 Å². The summed E-state index contributed by atoms with van der Waals surface area (Å²) in [6.45, 7) is 0. The van der Waals surface area contributed by atoms with Crippen LogP contribution in [0.1, 0.15) is 23.1 Å². The lowest BCUT2D eigenvalue weighted by Gasteiger charge is -2.46. The summed E-state index contributed by atoms with van der Waals surface area (Å²) in [6.07, 6.45) is 7.52. The zero-order valence-corrected chi connectivity index (χ0v) is 33.9. The Morgan fingerprint density at radius 3 is 1.58 bits per heavy atom. The molecule has 3 aliphatic rings. The quantitative estimate of drug-likeness (QED) is 0.168. The van der Waals surface area contributed by atoms with Crippen molar-refractivity contribution in [1.82, 2.24) is 9.97 Å². The van der Waals surface area contributed by atoms with E-state index >= 15 is 0 Å². The molecule has 0 bridgehead atoms. The molecule has 0 saturated heterocycles. The third kappa shape index (κ3) is 5.81. The van der Waals surface area contributed by atoms with Crippen LogP contribution in [-0.2, 0) is 5.41 Å². The molecule has 292 valence electrons. The largest absolute Gasteiger partial charge is 0.460 e. The smallest absolute Gasteiger partial charge is 0.160 e. The van der Waals surface area contributed by atoms with Crippen molar-refractivity contribution in [3.63, 3.8) is 0 Å². The first-order valence-corrected chi connectivity index (χ1v) is 21.4. The number of aromatic nitrogens is 2. The minimum atomic E-state index is -0.378. The number of allylic oxidation sites excluding steroid dienone is 4. The number of hydrogen-bond acceptors (Lipinski definition) is 3. The third-order valence-corrected chi connectivity index (χ3v) is 13.0. The summed E-state index contributed by atoms with van der Waals surface area (Å²) in [5.74, 6) is 2.77. The van der Waals surface area contributed by atoms with Gasteiger partial charge in [0.2, 0.25) is 0 Å². The van der Waals surface area contributed by atoms with Crippen LogP contribution in [0.25, 0.3) is 78.4 Å². The van der Waals surface area contributed by atoms with Gasteiger partial charge in [0.1, 0.15) is 11.5 Å². The van der Waals surface area contributed by atoms with E-state index in [1.165, 1.54) is 33.4 Å². The molecule has 2 aliphatic carbocycles. The van der Waals surface area contributed by atoms with Crippen LogP contribution in [0.4, 0.5) is 0 Å². The van der Waals surface area contributed by atoms with Gasteiger partial charge in [-0.2, -0.15) is 0 Å². The zero-order valence-electron chi connectivity index (χ0n) is 33.9. The first kappa shape index (κ1) is 36.0. The van der Waals surface area contributed by atoms with Crippen molar-refractivity contribution in [1.29, 1.82) is 0 Å². The molecule has 9 aromatic rings. The van der Waals surface area contributed by atoms with Crippen molar-refractivity contribution in [3.8, 4) is 84.2 Å².